The Labute approximate surface area is 117 Å². The minimum atomic E-state index is -0.578. The van der Waals surface area contributed by atoms with E-state index in [-0.39, 0.29) is 0 Å². The fraction of sp³-hybridized carbons (Fsp3) is 0.938. The van der Waals surface area contributed by atoms with E-state index in [1.54, 1.807) is 0 Å². The van der Waals surface area contributed by atoms with Crippen LogP contribution in [-0.4, -0.2) is 35.1 Å². The van der Waals surface area contributed by atoms with E-state index >= 15 is 0 Å². The highest BCUT2D eigenvalue weighted by atomic mass is 16.4. The Morgan fingerprint density at radius 3 is 2.63 bits per heavy atom. The molecule has 0 spiro atoms. The van der Waals surface area contributed by atoms with Crippen LogP contribution in [0.15, 0.2) is 0 Å². The number of likely N-dealkylation sites (tertiary alicyclic amines) is 1. The molecule has 110 valence electrons. The maximum atomic E-state index is 11.7. The molecule has 1 aliphatic carbocycles. The van der Waals surface area contributed by atoms with Gasteiger partial charge in [-0.3, -0.25) is 9.69 Å². The van der Waals surface area contributed by atoms with E-state index in [9.17, 15) is 9.90 Å². The lowest BCUT2D eigenvalue weighted by molar-refractivity contribution is -0.149. The lowest BCUT2D eigenvalue weighted by atomic mass is 9.72. The molecule has 3 heteroatoms. The molecule has 1 saturated carbocycles. The minimum Gasteiger partial charge on any atom is -0.481 e. The molecule has 2 unspecified atom stereocenters. The van der Waals surface area contributed by atoms with Crippen molar-refractivity contribution in [2.24, 2.45) is 10.8 Å². The Balaban J connectivity index is 2.10. The van der Waals surface area contributed by atoms with Gasteiger partial charge in [0.15, 0.2) is 0 Å². The average molecular weight is 267 g/mol. The van der Waals surface area contributed by atoms with E-state index in [1.807, 2.05) is 0 Å². The van der Waals surface area contributed by atoms with Gasteiger partial charge < -0.3 is 5.11 Å². The topological polar surface area (TPSA) is 40.5 Å². The number of carboxylic acid groups (broad SMARTS) is 1. The Hall–Kier alpha value is -0.570. The molecule has 0 aromatic rings. The van der Waals surface area contributed by atoms with Crippen LogP contribution in [-0.2, 0) is 4.79 Å². The molecule has 0 amide bonds. The first-order valence-corrected chi connectivity index (χ1v) is 7.89. The van der Waals surface area contributed by atoms with Gasteiger partial charge in [-0.15, -0.1) is 0 Å². The van der Waals surface area contributed by atoms with Crippen LogP contribution < -0.4 is 0 Å². The Bertz CT molecular complexity index is 340. The predicted molar refractivity (Wildman–Crippen MR) is 77.2 cm³/mol. The number of nitrogens with zero attached hydrogens (tertiary/aromatic N) is 1. The van der Waals surface area contributed by atoms with Crippen molar-refractivity contribution in [2.75, 3.05) is 13.1 Å². The molecule has 2 aliphatic rings. The van der Waals surface area contributed by atoms with Gasteiger partial charge in [0.25, 0.3) is 0 Å². The highest BCUT2D eigenvalue weighted by Gasteiger charge is 2.48. The number of hydrogen-bond donors (Lipinski definition) is 1. The molecule has 1 saturated heterocycles. The van der Waals surface area contributed by atoms with Crippen LogP contribution in [0.3, 0.4) is 0 Å². The second-order valence-corrected chi connectivity index (χ2v) is 7.31. The van der Waals surface area contributed by atoms with E-state index in [1.165, 1.54) is 25.7 Å². The summed E-state index contributed by atoms with van der Waals surface area (Å²) in [5, 5.41) is 9.61. The third-order valence-corrected chi connectivity index (χ3v) is 5.46. The number of carbonyl (C=O) groups is 1. The third-order valence-electron chi connectivity index (χ3n) is 5.46. The first-order valence-electron chi connectivity index (χ1n) is 7.89. The highest BCUT2D eigenvalue weighted by molar-refractivity contribution is 5.75. The summed E-state index contributed by atoms with van der Waals surface area (Å²) in [5.74, 6) is -0.578. The first kappa shape index (κ1) is 14.8. The normalized spacial score (nSPS) is 35.4. The van der Waals surface area contributed by atoms with Gasteiger partial charge in [-0.05, 0) is 37.6 Å². The van der Waals surface area contributed by atoms with Gasteiger partial charge in [0.1, 0.15) is 0 Å². The average Bonchev–Trinajstić information content (AvgIpc) is 2.74. The van der Waals surface area contributed by atoms with Gasteiger partial charge in [0.2, 0.25) is 0 Å². The van der Waals surface area contributed by atoms with Crippen molar-refractivity contribution in [1.82, 2.24) is 4.90 Å². The van der Waals surface area contributed by atoms with Crippen LogP contribution in [0.2, 0.25) is 0 Å². The van der Waals surface area contributed by atoms with Gasteiger partial charge in [0, 0.05) is 12.6 Å². The quantitative estimate of drug-likeness (QED) is 0.847. The predicted octanol–water partition coefficient (Wildman–Crippen LogP) is 3.53. The van der Waals surface area contributed by atoms with Gasteiger partial charge in [-0.25, -0.2) is 0 Å². The van der Waals surface area contributed by atoms with Crippen molar-refractivity contribution in [3.05, 3.63) is 0 Å². The van der Waals surface area contributed by atoms with Gasteiger partial charge >= 0.3 is 5.97 Å². The van der Waals surface area contributed by atoms with Crippen LogP contribution in [0.4, 0.5) is 0 Å². The van der Waals surface area contributed by atoms with Gasteiger partial charge in [-0.1, -0.05) is 40.0 Å². The third kappa shape index (κ3) is 2.81. The fourth-order valence-corrected chi connectivity index (χ4v) is 4.29. The second-order valence-electron chi connectivity index (χ2n) is 7.31. The molecular weight excluding hydrogens is 238 g/mol. The summed E-state index contributed by atoms with van der Waals surface area (Å²) in [6, 6.07) is 0.583. The van der Waals surface area contributed by atoms with E-state index in [4.69, 9.17) is 0 Å². The molecule has 2 rings (SSSR count). The number of carboxylic acids is 1. The molecule has 0 aromatic carbocycles. The van der Waals surface area contributed by atoms with Crippen LogP contribution in [0.5, 0.6) is 0 Å². The number of rotatable bonds is 4. The molecule has 2 atom stereocenters. The standard InChI is InChI=1S/C16H29NO2/c1-4-8-16(14(18)19)10-11-17(12-16)13-7-5-6-9-15(13,2)3/h13H,4-12H2,1-3H3,(H,18,19). The second kappa shape index (κ2) is 5.43. The van der Waals surface area contributed by atoms with Crippen LogP contribution >= 0.6 is 0 Å². The monoisotopic (exact) mass is 267 g/mol. The summed E-state index contributed by atoms with van der Waals surface area (Å²) in [7, 11) is 0. The Morgan fingerprint density at radius 2 is 2.05 bits per heavy atom. The van der Waals surface area contributed by atoms with Crippen molar-refractivity contribution in [2.45, 2.75) is 71.8 Å². The van der Waals surface area contributed by atoms with E-state index in [0.717, 1.165) is 32.4 Å². The summed E-state index contributed by atoms with van der Waals surface area (Å²) in [5.41, 5.74) is -0.124. The number of aliphatic carboxylic acids is 1. The van der Waals surface area contributed by atoms with Crippen LogP contribution in [0.25, 0.3) is 0 Å². The highest BCUT2D eigenvalue weighted by Crippen LogP contribution is 2.44. The largest absolute Gasteiger partial charge is 0.481 e. The molecule has 0 bridgehead atoms. The van der Waals surface area contributed by atoms with E-state index in [0.29, 0.717) is 11.5 Å². The van der Waals surface area contributed by atoms with Crippen molar-refractivity contribution in [3.63, 3.8) is 0 Å². The van der Waals surface area contributed by atoms with Crippen LogP contribution in [0.1, 0.15) is 65.7 Å². The molecule has 1 N–H and O–H groups in total. The van der Waals surface area contributed by atoms with Crippen molar-refractivity contribution >= 4 is 5.97 Å². The zero-order chi connectivity index (χ0) is 14.1. The molecule has 0 aromatic heterocycles. The maximum absolute atomic E-state index is 11.7. The molecule has 1 heterocycles. The van der Waals surface area contributed by atoms with Crippen LogP contribution in [0, 0.1) is 10.8 Å². The summed E-state index contributed by atoms with van der Waals surface area (Å²) in [6.07, 6.45) is 7.79. The Kier molecular flexibility index (Phi) is 4.24. The minimum absolute atomic E-state index is 0.346. The number of hydrogen-bond acceptors (Lipinski definition) is 2. The zero-order valence-corrected chi connectivity index (χ0v) is 12.7. The van der Waals surface area contributed by atoms with E-state index in [2.05, 4.69) is 25.7 Å². The SMILES string of the molecule is CCCC1(C(=O)O)CCN(C2CCCCC2(C)C)C1. The van der Waals surface area contributed by atoms with Crippen molar-refractivity contribution in [1.29, 1.82) is 0 Å². The summed E-state index contributed by atoms with van der Waals surface area (Å²) >= 11 is 0. The van der Waals surface area contributed by atoms with Gasteiger partial charge in [-0.2, -0.15) is 0 Å². The Morgan fingerprint density at radius 1 is 1.32 bits per heavy atom. The molecule has 1 aliphatic heterocycles. The van der Waals surface area contributed by atoms with Crippen molar-refractivity contribution in [3.8, 4) is 0 Å². The zero-order valence-electron chi connectivity index (χ0n) is 12.7. The molecule has 3 nitrogen and oxygen atoms in total. The van der Waals surface area contributed by atoms with Crippen molar-refractivity contribution < 1.29 is 9.90 Å². The molecule has 0 radical (unpaired) electrons. The summed E-state index contributed by atoms with van der Waals surface area (Å²) in [6.45, 7) is 8.55. The summed E-state index contributed by atoms with van der Waals surface area (Å²) < 4.78 is 0. The fourth-order valence-electron chi connectivity index (χ4n) is 4.29. The summed E-state index contributed by atoms with van der Waals surface area (Å²) in [4.78, 5) is 14.2. The lowest BCUT2D eigenvalue weighted by Crippen LogP contribution is -2.47. The smallest absolute Gasteiger partial charge is 0.310 e. The van der Waals surface area contributed by atoms with E-state index < -0.39 is 11.4 Å². The van der Waals surface area contributed by atoms with Gasteiger partial charge in [0.05, 0.1) is 5.41 Å². The molecule has 2 fully saturated rings. The maximum Gasteiger partial charge on any atom is 0.310 e. The lowest BCUT2D eigenvalue weighted by Gasteiger charge is -2.44. The molecule has 19 heavy (non-hydrogen) atoms. The first-order chi connectivity index (χ1) is 8.91. The molecular formula is C16H29NO2.